The molecule has 42 heteroatoms. The van der Waals surface area contributed by atoms with Gasteiger partial charge in [0.25, 0.3) is 0 Å². The first-order valence-electron chi connectivity index (χ1n) is 13.8. The van der Waals surface area contributed by atoms with Crippen molar-refractivity contribution >= 4 is 36.6 Å². The average molecular weight is 990 g/mol. The van der Waals surface area contributed by atoms with Crippen LogP contribution in [0, 0.1) is 61.3 Å². The number of rotatable bonds is 6. The molecule has 0 fully saturated rings. The predicted octanol–water partition coefficient (Wildman–Crippen LogP) is -3.32. The van der Waals surface area contributed by atoms with Gasteiger partial charge < -0.3 is 89.7 Å². The van der Waals surface area contributed by atoms with Gasteiger partial charge >= 0.3 is 69.5 Å². The molecule has 0 aliphatic carbocycles. The van der Waals surface area contributed by atoms with E-state index in [-0.39, 0.29) is 33.0 Å². The van der Waals surface area contributed by atoms with E-state index in [9.17, 15) is 28.8 Å². The molecule has 0 spiro atoms. The van der Waals surface area contributed by atoms with Gasteiger partial charge in [-0.1, -0.05) is 0 Å². The molecular weight excluding hydrogens is 942 g/mol. The first kappa shape index (κ1) is 85.4. The molecule has 6 amide bonds. The Morgan fingerprint density at radius 2 is 0.400 bits per heavy atom. The van der Waals surface area contributed by atoms with Gasteiger partial charge in [-0.15, -0.1) is 0 Å². The van der Waals surface area contributed by atoms with Crippen LogP contribution in [-0.2, 0) is 61.4 Å². The number of nitrogens with zero attached hydrogens (tertiary/aromatic N) is 4. The van der Waals surface area contributed by atoms with Crippen LogP contribution in [0.2, 0.25) is 0 Å². The Bertz CT molecular complexity index is 840. The maximum Gasteiger partial charge on any atom is 2.00 e. The van der Waals surface area contributed by atoms with Crippen LogP contribution in [0.15, 0.2) is 0 Å². The van der Waals surface area contributed by atoms with Gasteiger partial charge in [0.05, 0.1) is 60.0 Å². The summed E-state index contributed by atoms with van der Waals surface area (Å²) in [4.78, 5) is 92.7. The first-order chi connectivity index (χ1) is 26.8. The summed E-state index contributed by atoms with van der Waals surface area (Å²) in [7, 11) is 0. The van der Waals surface area contributed by atoms with E-state index in [1.807, 2.05) is 0 Å². The number of amides is 6. The fraction of sp³-hybridized carbons (Fsp3) is 0.667. The zero-order valence-electron chi connectivity index (χ0n) is 31.9. The second kappa shape index (κ2) is 80.6. The van der Waals surface area contributed by atoms with Crippen LogP contribution in [0.1, 0.15) is 41.5 Å². The standard InChI is InChI=1S/6C3H8N2O2.4NO3.2Ni/c6*1-2-7-3(6)5-4;4*2-1(3)4;;/h6*2,4H2,1H3,(H,5,6);;;;;;/q;;;;;;4*-1;2*+2. The number of ether oxygens (including phenoxy) is 6. The van der Waals surface area contributed by atoms with Crippen molar-refractivity contribution in [2.45, 2.75) is 41.5 Å². The third-order valence-corrected chi connectivity index (χ3v) is 2.36. The molecule has 40 nitrogen and oxygen atoms in total. The van der Waals surface area contributed by atoms with E-state index in [1.165, 1.54) is 0 Å². The Labute approximate surface area is 357 Å². The topological polar surface area (TPSA) is 651 Å². The Balaban J connectivity index is -0.0000000429. The van der Waals surface area contributed by atoms with Crippen LogP contribution < -0.4 is 67.6 Å². The van der Waals surface area contributed by atoms with Gasteiger partial charge in [0, 0.05) is 0 Å². The number of nitrogens with one attached hydrogen (secondary N) is 6. The molecule has 0 saturated heterocycles. The predicted molar refractivity (Wildman–Crippen MR) is 188 cm³/mol. The Morgan fingerprint density at radius 1 is 0.333 bits per heavy atom. The summed E-state index contributed by atoms with van der Waals surface area (Å²) in [5.74, 6) is 27.8. The maximum atomic E-state index is 9.95. The Kier molecular flexibility index (Phi) is 115. The second-order valence-electron chi connectivity index (χ2n) is 6.08. The van der Waals surface area contributed by atoms with Crippen LogP contribution in [0.5, 0.6) is 0 Å². The van der Waals surface area contributed by atoms with Gasteiger partial charge in [-0.2, -0.15) is 0 Å². The van der Waals surface area contributed by atoms with Crippen molar-refractivity contribution in [1.29, 1.82) is 0 Å². The van der Waals surface area contributed by atoms with E-state index < -0.39 is 56.9 Å². The minimum atomic E-state index is -1.75. The van der Waals surface area contributed by atoms with Crippen molar-refractivity contribution < 1.29 is 111 Å². The molecule has 18 N–H and O–H groups in total. The molecule has 364 valence electrons. The van der Waals surface area contributed by atoms with Gasteiger partial charge in [-0.25, -0.2) is 63.8 Å². The van der Waals surface area contributed by atoms with Crippen molar-refractivity contribution in [2.75, 3.05) is 39.6 Å². The molecule has 0 rings (SSSR count). The number of hydrazine groups is 6. The van der Waals surface area contributed by atoms with Crippen molar-refractivity contribution in [3.8, 4) is 0 Å². The van der Waals surface area contributed by atoms with Crippen molar-refractivity contribution in [3.63, 3.8) is 0 Å². The zero-order chi connectivity index (χ0) is 48.5. The maximum absolute atomic E-state index is 9.95. The van der Waals surface area contributed by atoms with Gasteiger partial charge in [0.2, 0.25) is 0 Å². The van der Waals surface area contributed by atoms with Gasteiger partial charge in [-0.05, 0) is 41.5 Å². The quantitative estimate of drug-likeness (QED) is 0.0309. The zero-order valence-corrected chi connectivity index (χ0v) is 33.9. The van der Waals surface area contributed by atoms with Crippen LogP contribution >= 0.6 is 0 Å². The molecular formula is C18H48N16Ni2O24. The third kappa shape index (κ3) is 240. The normalized spacial score (nSPS) is 7.00. The monoisotopic (exact) mass is 988 g/mol. The summed E-state index contributed by atoms with van der Waals surface area (Å²) in [5.41, 5.74) is 10.8. The second-order valence-corrected chi connectivity index (χ2v) is 6.08. The molecule has 0 aromatic carbocycles. The fourth-order valence-electron chi connectivity index (χ4n) is 1.04. The van der Waals surface area contributed by atoms with Crippen molar-refractivity contribution in [3.05, 3.63) is 61.3 Å². The SMILES string of the molecule is CCOC(=O)NN.CCOC(=O)NN.CCOC(=O)NN.CCOC(=O)NN.CCOC(=O)NN.CCOC(=O)NN.O=[N+]([O-])[O-].O=[N+]([O-])[O-].O=[N+]([O-])[O-].O=[N+]([O-])[O-].[Ni+2].[Ni+2]. The minimum absolute atomic E-state index is 0. The smallest absolute Gasteiger partial charge is 0.449 e. The summed E-state index contributed by atoms with van der Waals surface area (Å²) in [6.07, 6.45) is -3.57. The van der Waals surface area contributed by atoms with Gasteiger partial charge in [0.1, 0.15) is 0 Å². The summed E-state index contributed by atoms with van der Waals surface area (Å²) in [6, 6.07) is 0. The molecule has 0 radical (unpaired) electrons. The van der Waals surface area contributed by atoms with E-state index >= 15 is 0 Å². The number of carbonyl (C=O) groups is 6. The molecule has 0 heterocycles. The molecule has 0 bridgehead atoms. The number of hydrogen-bond acceptors (Lipinski definition) is 30. The van der Waals surface area contributed by atoms with Gasteiger partial charge in [-0.3, -0.25) is 32.6 Å². The first-order valence-corrected chi connectivity index (χ1v) is 13.8. The third-order valence-electron chi connectivity index (χ3n) is 2.36. The van der Waals surface area contributed by atoms with E-state index in [1.54, 1.807) is 74.1 Å². The van der Waals surface area contributed by atoms with Crippen LogP contribution in [0.25, 0.3) is 0 Å². The van der Waals surface area contributed by atoms with Crippen LogP contribution in [-0.4, -0.2) is 96.5 Å². The van der Waals surface area contributed by atoms with E-state index in [2.05, 4.69) is 63.5 Å². The number of hydrogen-bond donors (Lipinski definition) is 12. The van der Waals surface area contributed by atoms with Crippen molar-refractivity contribution in [2.24, 2.45) is 35.1 Å². The van der Waals surface area contributed by atoms with Crippen LogP contribution in [0.4, 0.5) is 28.8 Å². The Morgan fingerprint density at radius 3 is 0.417 bits per heavy atom. The molecule has 0 saturated carbocycles. The van der Waals surface area contributed by atoms with Crippen LogP contribution in [0.3, 0.4) is 0 Å². The fourth-order valence-corrected chi connectivity index (χ4v) is 1.04. The minimum Gasteiger partial charge on any atom is -0.449 e. The summed E-state index contributed by atoms with van der Waals surface area (Å²) < 4.78 is 25.9. The molecule has 0 aromatic rings. The van der Waals surface area contributed by atoms with Gasteiger partial charge in [0.15, 0.2) is 0 Å². The molecule has 0 aliphatic heterocycles. The van der Waals surface area contributed by atoms with Crippen molar-refractivity contribution in [1.82, 2.24) is 32.6 Å². The molecule has 0 aliphatic rings. The molecule has 0 atom stereocenters. The molecule has 0 unspecified atom stereocenters. The molecule has 60 heavy (non-hydrogen) atoms. The largest absolute Gasteiger partial charge is 2.00 e. The Hall–Kier alpha value is -6.83. The summed E-state index contributed by atoms with van der Waals surface area (Å²) >= 11 is 0. The number of carbonyl (C=O) groups excluding carboxylic acids is 6. The van der Waals surface area contributed by atoms with E-state index in [0.717, 1.165) is 0 Å². The molecule has 0 aromatic heterocycles. The number of nitrogens with two attached hydrogens (primary N) is 6. The van der Waals surface area contributed by atoms with E-state index in [4.69, 9.17) is 61.3 Å². The summed E-state index contributed by atoms with van der Waals surface area (Å²) in [5, 5.41) is 59.0. The summed E-state index contributed by atoms with van der Waals surface area (Å²) in [6.45, 7) is 12.3. The van der Waals surface area contributed by atoms with E-state index in [0.29, 0.717) is 39.6 Å². The average Bonchev–Trinajstić information content (AvgIpc) is 3.12.